The van der Waals surface area contributed by atoms with Gasteiger partial charge >= 0.3 is 5.97 Å². The number of carbonyl (C=O) groups is 2. The highest BCUT2D eigenvalue weighted by Gasteiger charge is 2.34. The Labute approximate surface area is 182 Å². The van der Waals surface area contributed by atoms with Crippen LogP contribution in [0.1, 0.15) is 53.4 Å². The molecular formula is C23H28N2O5S. The van der Waals surface area contributed by atoms with E-state index in [1.54, 1.807) is 6.92 Å². The zero-order chi connectivity index (χ0) is 22.2. The van der Waals surface area contributed by atoms with E-state index < -0.39 is 22.4 Å². The normalized spacial score (nSPS) is 19.7. The van der Waals surface area contributed by atoms with E-state index in [1.807, 2.05) is 25.1 Å². The van der Waals surface area contributed by atoms with E-state index in [9.17, 15) is 18.0 Å². The summed E-state index contributed by atoms with van der Waals surface area (Å²) in [4.78, 5) is 32.2. The number of hydrogen-bond donors (Lipinski definition) is 0. The summed E-state index contributed by atoms with van der Waals surface area (Å²) in [5.74, 6) is -0.807. The molecule has 1 aliphatic carbocycles. The molecule has 7 nitrogen and oxygen atoms in total. The minimum atomic E-state index is -3.11. The molecule has 2 aromatic rings. The lowest BCUT2D eigenvalue weighted by Gasteiger charge is -2.26. The van der Waals surface area contributed by atoms with Crippen LogP contribution in [-0.4, -0.2) is 60.9 Å². The van der Waals surface area contributed by atoms with Gasteiger partial charge in [-0.25, -0.2) is 13.2 Å². The quantitative estimate of drug-likeness (QED) is 0.658. The second-order valence-electron chi connectivity index (χ2n) is 8.45. The van der Waals surface area contributed by atoms with Gasteiger partial charge in [0.2, 0.25) is 0 Å². The monoisotopic (exact) mass is 444 g/mol. The number of benzene rings is 1. The number of likely N-dealkylation sites (N-methyl/N-ethyl adjacent to an activating group) is 1. The number of esters is 1. The fraction of sp³-hybridized carbons (Fsp3) is 0.522. The number of aromatic nitrogens is 1. The third-order valence-electron chi connectivity index (χ3n) is 6.26. The Bertz CT molecular complexity index is 1140. The number of ether oxygens (including phenoxy) is 1. The van der Waals surface area contributed by atoms with Crippen LogP contribution < -0.4 is 0 Å². The molecule has 1 aliphatic heterocycles. The van der Waals surface area contributed by atoms with Gasteiger partial charge in [0.15, 0.2) is 16.4 Å². The third kappa shape index (κ3) is 4.44. The van der Waals surface area contributed by atoms with Gasteiger partial charge in [-0.1, -0.05) is 11.6 Å². The Morgan fingerprint density at radius 2 is 2.00 bits per heavy atom. The van der Waals surface area contributed by atoms with Crippen LogP contribution in [0.2, 0.25) is 0 Å². The van der Waals surface area contributed by atoms with Gasteiger partial charge in [-0.2, -0.15) is 0 Å². The molecule has 1 saturated heterocycles. The van der Waals surface area contributed by atoms with Crippen molar-refractivity contribution in [1.29, 1.82) is 0 Å². The Hall–Kier alpha value is -2.48. The zero-order valence-corrected chi connectivity index (χ0v) is 18.8. The highest BCUT2D eigenvalue weighted by Crippen LogP contribution is 2.30. The molecule has 2 aliphatic rings. The summed E-state index contributed by atoms with van der Waals surface area (Å²) in [6.45, 7) is 3.75. The van der Waals surface area contributed by atoms with E-state index in [1.165, 1.54) is 4.90 Å². The second kappa shape index (κ2) is 8.57. The number of hydrogen-bond acceptors (Lipinski definition) is 6. The van der Waals surface area contributed by atoms with Gasteiger partial charge in [-0.05, 0) is 63.6 Å². The van der Waals surface area contributed by atoms with Gasteiger partial charge in [0.1, 0.15) is 0 Å². The van der Waals surface area contributed by atoms with Crippen molar-refractivity contribution in [3.63, 3.8) is 0 Å². The van der Waals surface area contributed by atoms with Crippen molar-refractivity contribution >= 4 is 32.6 Å². The zero-order valence-electron chi connectivity index (χ0n) is 18.0. The standard InChI is InChI=1S/C23H28N2O5S/c1-3-25(16-10-11-31(28,29)14-16)21(26)13-30-23(27)22-17-6-4-5-7-19(17)24-20-9-8-15(2)12-18(20)22/h8-9,12,16H,3-7,10-11,13-14H2,1-2H3/t16-/m0/s1. The Kier molecular flexibility index (Phi) is 6.01. The first kappa shape index (κ1) is 21.7. The largest absolute Gasteiger partial charge is 0.452 e. The van der Waals surface area contributed by atoms with Gasteiger partial charge in [-0.3, -0.25) is 9.78 Å². The van der Waals surface area contributed by atoms with Crippen LogP contribution in [-0.2, 0) is 32.2 Å². The van der Waals surface area contributed by atoms with Gasteiger partial charge < -0.3 is 9.64 Å². The first-order chi connectivity index (χ1) is 14.8. The summed E-state index contributed by atoms with van der Waals surface area (Å²) in [5, 5.41) is 0.757. The molecular weight excluding hydrogens is 416 g/mol. The van der Waals surface area contributed by atoms with E-state index in [0.717, 1.165) is 53.4 Å². The van der Waals surface area contributed by atoms with Gasteiger partial charge in [0.25, 0.3) is 5.91 Å². The molecule has 0 spiro atoms. The number of carbonyl (C=O) groups excluding carboxylic acids is 2. The maximum absolute atomic E-state index is 13.2. The minimum Gasteiger partial charge on any atom is -0.452 e. The average Bonchev–Trinajstić information content (AvgIpc) is 3.10. The SMILES string of the molecule is CCN(C(=O)COC(=O)c1c2c(nc3ccc(C)cc13)CCCC2)[C@H]1CCS(=O)(=O)C1. The molecule has 0 radical (unpaired) electrons. The molecule has 31 heavy (non-hydrogen) atoms. The predicted octanol–water partition coefficient (Wildman–Crippen LogP) is 2.61. The molecule has 4 rings (SSSR count). The van der Waals surface area contributed by atoms with E-state index >= 15 is 0 Å². The molecule has 0 unspecified atom stereocenters. The molecule has 0 N–H and O–H groups in total. The molecule has 1 amide bonds. The highest BCUT2D eigenvalue weighted by atomic mass is 32.2. The average molecular weight is 445 g/mol. The lowest BCUT2D eigenvalue weighted by atomic mass is 9.89. The van der Waals surface area contributed by atoms with Crippen molar-refractivity contribution in [3.8, 4) is 0 Å². The molecule has 1 aromatic carbocycles. The second-order valence-corrected chi connectivity index (χ2v) is 10.7. The number of amides is 1. The Balaban J connectivity index is 1.57. The lowest BCUT2D eigenvalue weighted by molar-refractivity contribution is -0.136. The van der Waals surface area contributed by atoms with Crippen molar-refractivity contribution in [1.82, 2.24) is 9.88 Å². The molecule has 2 heterocycles. The van der Waals surface area contributed by atoms with Crippen LogP contribution in [0.3, 0.4) is 0 Å². The maximum Gasteiger partial charge on any atom is 0.339 e. The number of sulfone groups is 1. The van der Waals surface area contributed by atoms with Crippen molar-refractivity contribution in [2.75, 3.05) is 24.7 Å². The van der Waals surface area contributed by atoms with Crippen LogP contribution in [0, 0.1) is 6.92 Å². The van der Waals surface area contributed by atoms with Crippen molar-refractivity contribution in [2.45, 2.75) is 52.0 Å². The summed E-state index contributed by atoms with van der Waals surface area (Å²) in [7, 11) is -3.11. The summed E-state index contributed by atoms with van der Waals surface area (Å²) >= 11 is 0. The molecule has 8 heteroatoms. The minimum absolute atomic E-state index is 0.0255. The molecule has 1 aromatic heterocycles. The molecule has 0 bridgehead atoms. The maximum atomic E-state index is 13.2. The van der Waals surface area contributed by atoms with Crippen LogP contribution in [0.4, 0.5) is 0 Å². The summed E-state index contributed by atoms with van der Waals surface area (Å²) in [6.07, 6.45) is 4.06. The van der Waals surface area contributed by atoms with E-state index in [4.69, 9.17) is 9.72 Å². The fourth-order valence-corrected chi connectivity index (χ4v) is 6.44. The van der Waals surface area contributed by atoms with Crippen LogP contribution in [0.5, 0.6) is 0 Å². The summed E-state index contributed by atoms with van der Waals surface area (Å²) < 4.78 is 29.1. The smallest absolute Gasteiger partial charge is 0.339 e. The number of pyridine rings is 1. The first-order valence-electron chi connectivity index (χ1n) is 10.9. The van der Waals surface area contributed by atoms with Crippen molar-refractivity contribution < 1.29 is 22.7 Å². The first-order valence-corrected chi connectivity index (χ1v) is 12.7. The van der Waals surface area contributed by atoms with Gasteiger partial charge in [0.05, 0.1) is 22.6 Å². The number of nitrogens with zero attached hydrogens (tertiary/aromatic N) is 2. The van der Waals surface area contributed by atoms with Gasteiger partial charge in [0, 0.05) is 23.7 Å². The Morgan fingerprint density at radius 1 is 1.23 bits per heavy atom. The summed E-state index contributed by atoms with van der Waals surface area (Å²) in [6, 6.07) is 5.48. The van der Waals surface area contributed by atoms with Crippen molar-refractivity contribution in [3.05, 3.63) is 40.6 Å². The van der Waals surface area contributed by atoms with Crippen LogP contribution in [0.15, 0.2) is 18.2 Å². The molecule has 166 valence electrons. The fourth-order valence-electron chi connectivity index (χ4n) is 4.71. The number of rotatable bonds is 5. The summed E-state index contributed by atoms with van der Waals surface area (Å²) in [5.41, 5.74) is 4.16. The van der Waals surface area contributed by atoms with Gasteiger partial charge in [-0.15, -0.1) is 0 Å². The van der Waals surface area contributed by atoms with E-state index in [0.29, 0.717) is 18.5 Å². The number of fused-ring (bicyclic) bond motifs is 2. The molecule has 0 saturated carbocycles. The van der Waals surface area contributed by atoms with E-state index in [-0.39, 0.29) is 23.5 Å². The highest BCUT2D eigenvalue weighted by molar-refractivity contribution is 7.91. The number of aryl methyl sites for hydroxylation is 2. The van der Waals surface area contributed by atoms with Crippen LogP contribution in [0.25, 0.3) is 10.9 Å². The topological polar surface area (TPSA) is 93.6 Å². The predicted molar refractivity (Wildman–Crippen MR) is 118 cm³/mol. The molecule has 1 fully saturated rings. The third-order valence-corrected chi connectivity index (χ3v) is 8.01. The van der Waals surface area contributed by atoms with E-state index in [2.05, 4.69) is 0 Å². The van der Waals surface area contributed by atoms with Crippen LogP contribution >= 0.6 is 0 Å². The molecule has 1 atom stereocenters. The lowest BCUT2D eigenvalue weighted by Crippen LogP contribution is -2.43. The Morgan fingerprint density at radius 3 is 2.71 bits per heavy atom. The van der Waals surface area contributed by atoms with Crippen molar-refractivity contribution in [2.24, 2.45) is 0 Å².